The van der Waals surface area contributed by atoms with E-state index in [1.807, 2.05) is 0 Å². The first-order valence-corrected chi connectivity index (χ1v) is 8.16. The average molecular weight is 411 g/mol. The minimum atomic E-state index is -0.142. The van der Waals surface area contributed by atoms with Crippen molar-refractivity contribution < 1.29 is 10.0 Å². The predicted molar refractivity (Wildman–Crippen MR) is 81.7 cm³/mol. The minimum absolute atomic E-state index is 0.0750. The summed E-state index contributed by atoms with van der Waals surface area (Å²) >= 11 is 8.16. The zero-order chi connectivity index (χ0) is 14.0. The number of hydrogen-bond acceptors (Lipinski definition) is 4. The van der Waals surface area contributed by atoms with Crippen molar-refractivity contribution in [3.05, 3.63) is 19.2 Å². The Balaban J connectivity index is 2.08. The Kier molecular flexibility index (Phi) is 4.86. The molecule has 1 amide bonds. The third kappa shape index (κ3) is 3.29. The van der Waals surface area contributed by atoms with E-state index < -0.39 is 0 Å². The van der Waals surface area contributed by atoms with Gasteiger partial charge in [-0.3, -0.25) is 4.79 Å². The third-order valence-electron chi connectivity index (χ3n) is 3.23. The van der Waals surface area contributed by atoms with Crippen LogP contribution >= 0.6 is 43.2 Å². The molecule has 1 aliphatic carbocycles. The van der Waals surface area contributed by atoms with E-state index in [1.165, 1.54) is 11.3 Å². The lowest BCUT2D eigenvalue weighted by atomic mass is 10.0. The number of carbonyl (C=O) groups is 1. The van der Waals surface area contributed by atoms with Gasteiger partial charge in [-0.2, -0.15) is 0 Å². The zero-order valence-electron chi connectivity index (χ0n) is 9.90. The molecule has 2 unspecified atom stereocenters. The highest BCUT2D eigenvalue weighted by Crippen LogP contribution is 2.32. The van der Waals surface area contributed by atoms with Crippen molar-refractivity contribution in [2.45, 2.75) is 25.3 Å². The number of carbonyl (C=O) groups excluding carboxylic acids is 1. The standard InChI is InChI=1S/C11H13Br2N3O2S/c12-8-4-6(9(13)19-8)11(17)15-7-3-1-2-5(7)10(14)16-18/h4-5,7,18H,1-3H2,(H2,14,16)(H,15,17). The predicted octanol–water partition coefficient (Wildman–Crippen LogP) is 2.92. The normalized spacial score (nSPS) is 23.6. The first-order chi connectivity index (χ1) is 9.02. The summed E-state index contributed by atoms with van der Waals surface area (Å²) in [5, 5.41) is 14.8. The van der Waals surface area contributed by atoms with Crippen molar-refractivity contribution in [1.29, 1.82) is 0 Å². The second kappa shape index (κ2) is 6.23. The van der Waals surface area contributed by atoms with Gasteiger partial charge in [-0.1, -0.05) is 11.6 Å². The average Bonchev–Trinajstić information content (AvgIpc) is 2.95. The Bertz CT molecular complexity index is 518. The molecule has 1 saturated carbocycles. The van der Waals surface area contributed by atoms with Crippen LogP contribution in [0.3, 0.4) is 0 Å². The van der Waals surface area contributed by atoms with Crippen molar-refractivity contribution in [2.75, 3.05) is 0 Å². The smallest absolute Gasteiger partial charge is 0.253 e. The van der Waals surface area contributed by atoms with Gasteiger partial charge in [0.1, 0.15) is 5.84 Å². The largest absolute Gasteiger partial charge is 0.409 e. The van der Waals surface area contributed by atoms with Crippen molar-refractivity contribution in [1.82, 2.24) is 5.32 Å². The minimum Gasteiger partial charge on any atom is -0.409 e. The van der Waals surface area contributed by atoms with Crippen molar-refractivity contribution in [2.24, 2.45) is 16.8 Å². The van der Waals surface area contributed by atoms with Gasteiger partial charge in [0.2, 0.25) is 0 Å². The van der Waals surface area contributed by atoms with Crippen LogP contribution in [0.4, 0.5) is 0 Å². The van der Waals surface area contributed by atoms with Gasteiger partial charge in [0.05, 0.1) is 13.1 Å². The number of rotatable bonds is 3. The molecule has 19 heavy (non-hydrogen) atoms. The molecule has 1 fully saturated rings. The molecule has 5 nitrogen and oxygen atoms in total. The highest BCUT2D eigenvalue weighted by Gasteiger charge is 2.32. The molecular formula is C11H13Br2N3O2S. The third-order valence-corrected chi connectivity index (χ3v) is 5.57. The van der Waals surface area contributed by atoms with Crippen LogP contribution in [-0.2, 0) is 0 Å². The Morgan fingerprint density at radius 3 is 2.84 bits per heavy atom. The lowest BCUT2D eigenvalue weighted by Crippen LogP contribution is -2.42. The van der Waals surface area contributed by atoms with E-state index in [-0.39, 0.29) is 23.7 Å². The molecule has 1 aromatic heterocycles. The van der Waals surface area contributed by atoms with Crippen LogP contribution in [0, 0.1) is 5.92 Å². The molecule has 104 valence electrons. The van der Waals surface area contributed by atoms with Gasteiger partial charge in [0.15, 0.2) is 0 Å². The number of nitrogens with two attached hydrogens (primary N) is 1. The quantitative estimate of drug-likeness (QED) is 0.310. The van der Waals surface area contributed by atoms with Gasteiger partial charge >= 0.3 is 0 Å². The molecule has 2 rings (SSSR count). The molecule has 0 spiro atoms. The summed E-state index contributed by atoms with van der Waals surface area (Å²) in [6.45, 7) is 0. The molecule has 0 bridgehead atoms. The lowest BCUT2D eigenvalue weighted by molar-refractivity contribution is 0.0933. The summed E-state index contributed by atoms with van der Waals surface area (Å²) < 4.78 is 1.68. The van der Waals surface area contributed by atoms with Crippen molar-refractivity contribution in [3.8, 4) is 0 Å². The van der Waals surface area contributed by atoms with Crippen LogP contribution in [0.15, 0.2) is 18.8 Å². The molecule has 0 radical (unpaired) electrons. The number of hydrogen-bond donors (Lipinski definition) is 3. The lowest BCUT2D eigenvalue weighted by Gasteiger charge is -2.19. The van der Waals surface area contributed by atoms with E-state index in [0.717, 1.165) is 26.8 Å². The second-order valence-corrected chi connectivity index (χ2v) is 8.13. The first kappa shape index (κ1) is 14.8. The van der Waals surface area contributed by atoms with E-state index in [2.05, 4.69) is 42.3 Å². The summed E-state index contributed by atoms with van der Waals surface area (Å²) in [4.78, 5) is 12.2. The SMILES string of the molecule is N/C(=N/O)C1CCCC1NC(=O)c1cc(Br)sc1Br. The van der Waals surface area contributed by atoms with E-state index in [0.29, 0.717) is 5.56 Å². The Hall–Kier alpha value is -0.600. The van der Waals surface area contributed by atoms with Crippen LogP contribution < -0.4 is 11.1 Å². The summed E-state index contributed by atoms with van der Waals surface area (Å²) in [5.74, 6) is -0.0420. The molecule has 4 N–H and O–H groups in total. The van der Waals surface area contributed by atoms with Crippen LogP contribution in [0.5, 0.6) is 0 Å². The van der Waals surface area contributed by atoms with Crippen molar-refractivity contribution >= 4 is 54.9 Å². The van der Waals surface area contributed by atoms with Crippen molar-refractivity contribution in [3.63, 3.8) is 0 Å². The van der Waals surface area contributed by atoms with Crippen LogP contribution in [0.2, 0.25) is 0 Å². The molecule has 0 saturated heterocycles. The molecular weight excluding hydrogens is 398 g/mol. The molecule has 0 aromatic carbocycles. The fourth-order valence-corrected chi connectivity index (χ4v) is 5.10. The molecule has 8 heteroatoms. The van der Waals surface area contributed by atoms with E-state index >= 15 is 0 Å². The number of oxime groups is 1. The maximum Gasteiger partial charge on any atom is 0.253 e. The Morgan fingerprint density at radius 2 is 2.26 bits per heavy atom. The summed E-state index contributed by atoms with van der Waals surface area (Å²) in [5.41, 5.74) is 6.25. The summed E-state index contributed by atoms with van der Waals surface area (Å²) in [6, 6.07) is 1.70. The van der Waals surface area contributed by atoms with Gasteiger partial charge in [0.25, 0.3) is 5.91 Å². The second-order valence-electron chi connectivity index (χ2n) is 4.38. The number of halogens is 2. The number of thiophene rings is 1. The van der Waals surface area contributed by atoms with E-state index in [4.69, 9.17) is 10.9 Å². The number of nitrogens with one attached hydrogen (secondary N) is 1. The summed E-state index contributed by atoms with van der Waals surface area (Å²) in [6.07, 6.45) is 2.63. The monoisotopic (exact) mass is 409 g/mol. The number of amides is 1. The summed E-state index contributed by atoms with van der Waals surface area (Å²) in [7, 11) is 0. The van der Waals surface area contributed by atoms with Crippen LogP contribution in [0.25, 0.3) is 0 Å². The zero-order valence-corrected chi connectivity index (χ0v) is 13.9. The van der Waals surface area contributed by atoms with Crippen LogP contribution in [-0.4, -0.2) is 23.0 Å². The first-order valence-electron chi connectivity index (χ1n) is 5.76. The molecule has 1 heterocycles. The molecule has 2 atom stereocenters. The fourth-order valence-electron chi connectivity index (χ4n) is 2.30. The molecule has 0 aliphatic heterocycles. The Labute approximate surface area is 131 Å². The topological polar surface area (TPSA) is 87.7 Å². The fraction of sp³-hybridized carbons (Fsp3) is 0.455. The van der Waals surface area contributed by atoms with Gasteiger partial charge in [-0.05, 0) is 50.8 Å². The van der Waals surface area contributed by atoms with Gasteiger partial charge in [0, 0.05) is 12.0 Å². The Morgan fingerprint density at radius 1 is 1.53 bits per heavy atom. The van der Waals surface area contributed by atoms with E-state index in [9.17, 15) is 4.79 Å². The van der Waals surface area contributed by atoms with E-state index in [1.54, 1.807) is 6.07 Å². The highest BCUT2D eigenvalue weighted by molar-refractivity contribution is 9.12. The molecule has 1 aromatic rings. The maximum absolute atomic E-state index is 12.2. The number of amidine groups is 1. The van der Waals surface area contributed by atoms with Crippen LogP contribution in [0.1, 0.15) is 29.6 Å². The highest BCUT2D eigenvalue weighted by atomic mass is 79.9. The van der Waals surface area contributed by atoms with Gasteiger partial charge in [-0.25, -0.2) is 0 Å². The van der Waals surface area contributed by atoms with Gasteiger partial charge < -0.3 is 16.3 Å². The van der Waals surface area contributed by atoms with Gasteiger partial charge in [-0.15, -0.1) is 11.3 Å². The molecule has 1 aliphatic rings. The number of nitrogens with zero attached hydrogens (tertiary/aromatic N) is 1. The maximum atomic E-state index is 12.2.